The first-order chi connectivity index (χ1) is 11.4. The summed E-state index contributed by atoms with van der Waals surface area (Å²) in [6, 6.07) is 4.74. The van der Waals surface area contributed by atoms with E-state index in [1.807, 2.05) is 6.08 Å². The Kier molecular flexibility index (Phi) is 3.67. The fourth-order valence-electron chi connectivity index (χ4n) is 3.25. The number of Topliss-reactive ketones (excluding diaryl/α,β-unsaturated/α-hetero) is 1. The topological polar surface area (TPSA) is 92.9 Å². The molecule has 0 spiro atoms. The fraction of sp³-hybridized carbons (Fsp3) is 0.222. The van der Waals surface area contributed by atoms with E-state index >= 15 is 0 Å². The molecule has 0 saturated heterocycles. The number of carbonyl (C=O) groups excluding carboxylic acids is 1. The number of rotatable bonds is 4. The number of nitrogens with zero attached hydrogens (tertiary/aromatic N) is 1. The summed E-state index contributed by atoms with van der Waals surface area (Å²) in [5.41, 5.74) is 6.06. The Morgan fingerprint density at radius 2 is 2.08 bits per heavy atom. The zero-order valence-corrected chi connectivity index (χ0v) is 13.4. The van der Waals surface area contributed by atoms with Crippen molar-refractivity contribution in [1.82, 2.24) is 4.90 Å². The van der Waals surface area contributed by atoms with Crippen LogP contribution in [0.1, 0.15) is 17.3 Å². The number of nitrogens with two attached hydrogens (primary N) is 1. The van der Waals surface area contributed by atoms with Gasteiger partial charge in [0, 0.05) is 18.3 Å². The first-order valence-electron chi connectivity index (χ1n) is 7.46. The number of fused-ring (bicyclic) bond motifs is 1. The average Bonchev–Trinajstić information content (AvgIpc) is 2.87. The van der Waals surface area contributed by atoms with Crippen molar-refractivity contribution < 1.29 is 19.4 Å². The predicted octanol–water partition coefficient (Wildman–Crippen LogP) is 2.20. The number of allylic oxidation sites excluding steroid dienone is 3. The van der Waals surface area contributed by atoms with E-state index in [2.05, 4.69) is 0 Å². The van der Waals surface area contributed by atoms with Crippen LogP contribution in [0.3, 0.4) is 0 Å². The number of hydrogen-bond donors (Lipinski definition) is 2. The quantitative estimate of drug-likeness (QED) is 0.651. The van der Waals surface area contributed by atoms with Crippen LogP contribution >= 0.6 is 0 Å². The molecule has 0 amide bonds. The van der Waals surface area contributed by atoms with Gasteiger partial charge in [-0.25, -0.2) is 4.79 Å². The minimum absolute atomic E-state index is 0.101. The molecule has 0 aromatic heterocycles. The summed E-state index contributed by atoms with van der Waals surface area (Å²) in [6.07, 6.45) is 7.06. The average molecular weight is 326 g/mol. The molecule has 1 aromatic carbocycles. The van der Waals surface area contributed by atoms with E-state index in [-0.39, 0.29) is 17.9 Å². The zero-order valence-electron chi connectivity index (χ0n) is 13.4. The molecule has 2 aliphatic rings. The third-order valence-corrected chi connectivity index (χ3v) is 4.45. The fourth-order valence-corrected chi connectivity index (χ4v) is 3.25. The Hall–Kier alpha value is -3.02. The van der Waals surface area contributed by atoms with Crippen molar-refractivity contribution in [3.8, 4) is 5.75 Å². The summed E-state index contributed by atoms with van der Waals surface area (Å²) >= 11 is 0. The molecule has 0 saturated carbocycles. The number of hydrogen-bond acceptors (Lipinski definition) is 5. The molecule has 1 unspecified atom stereocenters. The molecule has 1 aromatic rings. The number of carbonyl (C=O) groups is 2. The lowest BCUT2D eigenvalue weighted by atomic mass is 9.76. The van der Waals surface area contributed by atoms with E-state index in [1.165, 1.54) is 7.11 Å². The molecule has 0 aliphatic carbocycles. The van der Waals surface area contributed by atoms with Crippen LogP contribution in [0.15, 0.2) is 53.9 Å². The summed E-state index contributed by atoms with van der Waals surface area (Å²) in [6.45, 7) is 1.94. The van der Waals surface area contributed by atoms with E-state index in [9.17, 15) is 14.7 Å². The van der Waals surface area contributed by atoms with Crippen molar-refractivity contribution in [2.45, 2.75) is 6.92 Å². The van der Waals surface area contributed by atoms with Crippen molar-refractivity contribution in [3.63, 3.8) is 0 Å². The van der Waals surface area contributed by atoms with Crippen LogP contribution < -0.4 is 10.5 Å². The number of anilines is 1. The molecule has 0 radical (unpaired) electrons. The Balaban J connectivity index is 2.09. The number of carboxylic acid groups (broad SMARTS) is 1. The van der Waals surface area contributed by atoms with Crippen molar-refractivity contribution in [2.75, 3.05) is 19.4 Å². The van der Waals surface area contributed by atoms with Gasteiger partial charge in [-0.05, 0) is 37.3 Å². The van der Waals surface area contributed by atoms with Gasteiger partial charge in [0.05, 0.1) is 29.5 Å². The number of benzene rings is 1. The predicted molar refractivity (Wildman–Crippen MR) is 89.5 cm³/mol. The molecule has 2 aliphatic heterocycles. The monoisotopic (exact) mass is 326 g/mol. The lowest BCUT2D eigenvalue weighted by Crippen LogP contribution is -2.36. The maximum Gasteiger partial charge on any atom is 0.334 e. The van der Waals surface area contributed by atoms with E-state index in [1.54, 1.807) is 48.4 Å². The van der Waals surface area contributed by atoms with Gasteiger partial charge >= 0.3 is 5.97 Å². The van der Waals surface area contributed by atoms with E-state index < -0.39 is 11.4 Å². The number of ketones is 1. The van der Waals surface area contributed by atoms with Gasteiger partial charge in [0.1, 0.15) is 5.75 Å². The Bertz CT molecular complexity index is 822. The molecule has 6 nitrogen and oxygen atoms in total. The van der Waals surface area contributed by atoms with E-state index in [0.29, 0.717) is 22.7 Å². The number of methoxy groups -OCH3 is 1. The Morgan fingerprint density at radius 1 is 1.33 bits per heavy atom. The van der Waals surface area contributed by atoms with Crippen LogP contribution in [0.25, 0.3) is 0 Å². The molecule has 3 N–H and O–H groups in total. The molecule has 2 heterocycles. The van der Waals surface area contributed by atoms with Crippen LogP contribution in [0.4, 0.5) is 5.69 Å². The Morgan fingerprint density at radius 3 is 2.75 bits per heavy atom. The third-order valence-electron chi connectivity index (χ3n) is 4.45. The normalized spacial score (nSPS) is 21.8. The van der Waals surface area contributed by atoms with E-state index in [0.717, 1.165) is 0 Å². The van der Waals surface area contributed by atoms with E-state index in [4.69, 9.17) is 10.5 Å². The lowest BCUT2D eigenvalue weighted by molar-refractivity contribution is -0.133. The Labute approximate surface area is 139 Å². The second kappa shape index (κ2) is 5.56. The molecule has 1 atom stereocenters. The number of aliphatic carboxylic acids is 1. The highest BCUT2D eigenvalue weighted by atomic mass is 16.5. The number of nitrogen functional groups attached to an aromatic ring is 1. The number of ether oxygens (including phenoxy) is 1. The van der Waals surface area contributed by atoms with Gasteiger partial charge in [-0.3, -0.25) is 4.79 Å². The van der Waals surface area contributed by atoms with Gasteiger partial charge in [-0.1, -0.05) is 6.08 Å². The number of carboxylic acids is 1. The first-order valence-corrected chi connectivity index (χ1v) is 7.46. The van der Waals surface area contributed by atoms with Crippen molar-refractivity contribution in [2.24, 2.45) is 5.41 Å². The minimum Gasteiger partial charge on any atom is -0.495 e. The van der Waals surface area contributed by atoms with Crippen molar-refractivity contribution in [3.05, 3.63) is 59.5 Å². The van der Waals surface area contributed by atoms with Crippen molar-refractivity contribution >= 4 is 17.4 Å². The van der Waals surface area contributed by atoms with Crippen LogP contribution in [-0.2, 0) is 4.79 Å². The van der Waals surface area contributed by atoms with Crippen LogP contribution in [-0.4, -0.2) is 35.4 Å². The van der Waals surface area contributed by atoms with Gasteiger partial charge in [0.25, 0.3) is 0 Å². The third kappa shape index (κ3) is 2.27. The maximum absolute atomic E-state index is 13.1. The molecular formula is C18H18N2O4. The molecule has 0 fully saturated rings. The lowest BCUT2D eigenvalue weighted by Gasteiger charge is -2.25. The summed E-state index contributed by atoms with van der Waals surface area (Å²) in [4.78, 5) is 26.8. The SMILES string of the molecule is COc1cc(C(=O)C2(C)CN3C=CC=CC3=C2C(=O)O)ccc1N. The molecule has 124 valence electrons. The van der Waals surface area contributed by atoms with Crippen LogP contribution in [0, 0.1) is 5.41 Å². The summed E-state index contributed by atoms with van der Waals surface area (Å²) in [5, 5.41) is 9.69. The molecule has 6 heteroatoms. The first kappa shape index (κ1) is 15.9. The maximum atomic E-state index is 13.1. The van der Waals surface area contributed by atoms with Gasteiger partial charge in [-0.15, -0.1) is 0 Å². The molecule has 3 rings (SSSR count). The second-order valence-corrected chi connectivity index (χ2v) is 6.01. The molecule has 0 bridgehead atoms. The minimum atomic E-state index is -1.17. The second-order valence-electron chi connectivity index (χ2n) is 6.01. The van der Waals surface area contributed by atoms with Gasteiger partial charge in [0.15, 0.2) is 5.78 Å². The van der Waals surface area contributed by atoms with Crippen LogP contribution in [0.2, 0.25) is 0 Å². The highest BCUT2D eigenvalue weighted by Gasteiger charge is 2.49. The summed E-state index contributed by atoms with van der Waals surface area (Å²) < 4.78 is 5.16. The smallest absolute Gasteiger partial charge is 0.334 e. The largest absolute Gasteiger partial charge is 0.495 e. The molecule has 24 heavy (non-hydrogen) atoms. The van der Waals surface area contributed by atoms with Crippen LogP contribution in [0.5, 0.6) is 5.75 Å². The zero-order chi connectivity index (χ0) is 17.5. The standard InChI is InChI=1S/C18H18N2O4/c1-18(16(21)11-6-7-12(19)14(9-11)24-2)10-20-8-4-3-5-13(20)15(18)17(22)23/h3-9H,10,19H2,1-2H3,(H,22,23). The van der Waals surface area contributed by atoms with Crippen molar-refractivity contribution in [1.29, 1.82) is 0 Å². The van der Waals surface area contributed by atoms with Gasteiger partial charge in [0.2, 0.25) is 0 Å². The highest BCUT2D eigenvalue weighted by Crippen LogP contribution is 2.43. The summed E-state index contributed by atoms with van der Waals surface area (Å²) in [7, 11) is 1.47. The van der Waals surface area contributed by atoms with Gasteiger partial charge in [-0.2, -0.15) is 0 Å². The highest BCUT2D eigenvalue weighted by molar-refractivity contribution is 6.09. The molecular weight excluding hydrogens is 308 g/mol. The van der Waals surface area contributed by atoms with Gasteiger partial charge < -0.3 is 20.5 Å². The summed E-state index contributed by atoms with van der Waals surface area (Å²) in [5.74, 6) is -0.975.